The van der Waals surface area contributed by atoms with Crippen LogP contribution < -0.4 is 10.2 Å². The van der Waals surface area contributed by atoms with E-state index in [4.69, 9.17) is 0 Å². The third kappa shape index (κ3) is 2.87. The first kappa shape index (κ1) is 13.0. The molecule has 0 aromatic carbocycles. The Hall–Kier alpha value is -1.43. The molecule has 2 heterocycles. The Balaban J connectivity index is 2.05. The number of hydrogen-bond donors (Lipinski definition) is 1. The van der Waals surface area contributed by atoms with E-state index in [9.17, 15) is 4.39 Å². The van der Waals surface area contributed by atoms with Gasteiger partial charge in [0.15, 0.2) is 11.6 Å². The van der Waals surface area contributed by atoms with Crippen molar-refractivity contribution in [3.8, 4) is 0 Å². The van der Waals surface area contributed by atoms with Crippen LogP contribution in [0.15, 0.2) is 6.20 Å². The summed E-state index contributed by atoms with van der Waals surface area (Å²) < 4.78 is 13.7. The van der Waals surface area contributed by atoms with Gasteiger partial charge in [-0.2, -0.15) is 4.98 Å². The average molecular weight is 253 g/mol. The fraction of sp³-hybridized carbons (Fsp3) is 0.667. The van der Waals surface area contributed by atoms with Crippen molar-refractivity contribution in [3.05, 3.63) is 12.0 Å². The molecule has 0 spiro atoms. The minimum Gasteiger partial charge on any atom is -0.357 e. The molecule has 6 heteroatoms. The summed E-state index contributed by atoms with van der Waals surface area (Å²) in [5.74, 6) is 1.01. The molecule has 1 saturated heterocycles. The summed E-state index contributed by atoms with van der Waals surface area (Å²) in [6.45, 7) is 3.00. The lowest BCUT2D eigenvalue weighted by Gasteiger charge is -2.22. The molecular formula is C12H20FN5. The maximum absolute atomic E-state index is 13.7. The van der Waals surface area contributed by atoms with E-state index in [0.717, 1.165) is 26.1 Å². The van der Waals surface area contributed by atoms with Gasteiger partial charge in [0, 0.05) is 27.2 Å². The smallest absolute Gasteiger partial charge is 0.224 e. The normalized spacial score (nSPS) is 20.1. The van der Waals surface area contributed by atoms with Gasteiger partial charge < -0.3 is 15.1 Å². The predicted octanol–water partition coefficient (Wildman–Crippen LogP) is 1.05. The number of likely N-dealkylation sites (tertiary alicyclic amines) is 1. The Morgan fingerprint density at radius 2 is 2.39 bits per heavy atom. The molecule has 2 rings (SSSR count). The Labute approximate surface area is 107 Å². The van der Waals surface area contributed by atoms with Crippen LogP contribution >= 0.6 is 0 Å². The molecule has 0 aliphatic carbocycles. The fourth-order valence-corrected chi connectivity index (χ4v) is 2.40. The number of rotatable bonds is 4. The Morgan fingerprint density at radius 1 is 1.61 bits per heavy atom. The molecule has 0 radical (unpaired) electrons. The molecule has 1 N–H and O–H groups in total. The van der Waals surface area contributed by atoms with Crippen LogP contribution in [0.2, 0.25) is 0 Å². The molecule has 1 aromatic heterocycles. The number of nitrogens with zero attached hydrogens (tertiary/aromatic N) is 4. The number of nitrogens with one attached hydrogen (secondary N) is 1. The quantitative estimate of drug-likeness (QED) is 0.869. The van der Waals surface area contributed by atoms with Crippen LogP contribution in [0.1, 0.15) is 6.42 Å². The van der Waals surface area contributed by atoms with Crippen LogP contribution in [0.3, 0.4) is 0 Å². The monoisotopic (exact) mass is 253 g/mol. The van der Waals surface area contributed by atoms with Gasteiger partial charge in [-0.1, -0.05) is 0 Å². The molecule has 1 aromatic rings. The first-order valence-electron chi connectivity index (χ1n) is 6.20. The topological polar surface area (TPSA) is 44.3 Å². The zero-order valence-electron chi connectivity index (χ0n) is 11.1. The van der Waals surface area contributed by atoms with Gasteiger partial charge in [-0.05, 0) is 25.9 Å². The Kier molecular flexibility index (Phi) is 3.96. The van der Waals surface area contributed by atoms with Gasteiger partial charge in [0.05, 0.1) is 6.20 Å². The standard InChI is InChI=1S/C12H20FN5/c1-14-12-15-6-10(13)11(16-12)18(3)8-9-4-5-17(2)7-9/h6,9H,4-5,7-8H2,1-3H3,(H,14,15,16). The van der Waals surface area contributed by atoms with Crippen molar-refractivity contribution >= 4 is 11.8 Å². The van der Waals surface area contributed by atoms with Crippen molar-refractivity contribution in [1.82, 2.24) is 14.9 Å². The first-order chi connectivity index (χ1) is 8.60. The summed E-state index contributed by atoms with van der Waals surface area (Å²) in [6.07, 6.45) is 2.37. The van der Waals surface area contributed by atoms with E-state index in [1.165, 1.54) is 6.20 Å². The van der Waals surface area contributed by atoms with Gasteiger partial charge in [-0.25, -0.2) is 9.37 Å². The lowest BCUT2D eigenvalue weighted by molar-refractivity contribution is 0.395. The van der Waals surface area contributed by atoms with Crippen LogP contribution in [-0.4, -0.2) is 55.6 Å². The molecule has 100 valence electrons. The van der Waals surface area contributed by atoms with E-state index in [1.807, 2.05) is 11.9 Å². The molecule has 1 atom stereocenters. The van der Waals surface area contributed by atoms with E-state index < -0.39 is 0 Å². The second-order valence-electron chi connectivity index (χ2n) is 4.91. The molecular weight excluding hydrogens is 233 g/mol. The summed E-state index contributed by atoms with van der Waals surface area (Å²) in [7, 11) is 5.72. The number of hydrogen-bond acceptors (Lipinski definition) is 5. The number of aromatic nitrogens is 2. The SMILES string of the molecule is CNc1ncc(F)c(N(C)CC2CCN(C)C2)n1. The molecule has 5 nitrogen and oxygen atoms in total. The van der Waals surface area contributed by atoms with Crippen molar-refractivity contribution in [1.29, 1.82) is 0 Å². The molecule has 1 fully saturated rings. The highest BCUT2D eigenvalue weighted by atomic mass is 19.1. The average Bonchev–Trinajstić information content (AvgIpc) is 2.75. The summed E-state index contributed by atoms with van der Waals surface area (Å²) >= 11 is 0. The molecule has 1 unspecified atom stereocenters. The maximum Gasteiger partial charge on any atom is 0.224 e. The molecule has 1 aliphatic rings. The van der Waals surface area contributed by atoms with E-state index in [2.05, 4.69) is 27.2 Å². The molecule has 0 bridgehead atoms. The highest BCUT2D eigenvalue weighted by Crippen LogP contribution is 2.20. The van der Waals surface area contributed by atoms with Crippen molar-refractivity contribution in [2.45, 2.75) is 6.42 Å². The lowest BCUT2D eigenvalue weighted by Crippen LogP contribution is -2.28. The summed E-state index contributed by atoms with van der Waals surface area (Å²) in [4.78, 5) is 12.2. The zero-order valence-corrected chi connectivity index (χ0v) is 11.1. The third-order valence-corrected chi connectivity index (χ3v) is 3.33. The van der Waals surface area contributed by atoms with E-state index >= 15 is 0 Å². The van der Waals surface area contributed by atoms with Gasteiger partial charge in [0.25, 0.3) is 0 Å². The van der Waals surface area contributed by atoms with E-state index in [1.54, 1.807) is 7.05 Å². The summed E-state index contributed by atoms with van der Waals surface area (Å²) in [5, 5.41) is 2.83. The first-order valence-corrected chi connectivity index (χ1v) is 6.20. The second kappa shape index (κ2) is 5.48. The van der Waals surface area contributed by atoms with Crippen molar-refractivity contribution in [2.75, 3.05) is 51.0 Å². The maximum atomic E-state index is 13.7. The van der Waals surface area contributed by atoms with Crippen LogP contribution in [0.25, 0.3) is 0 Å². The highest BCUT2D eigenvalue weighted by Gasteiger charge is 2.22. The number of halogens is 1. The molecule has 0 amide bonds. The van der Waals surface area contributed by atoms with Crippen LogP contribution in [0, 0.1) is 11.7 Å². The molecule has 0 saturated carbocycles. The van der Waals surface area contributed by atoms with Gasteiger partial charge in [0.2, 0.25) is 5.95 Å². The Morgan fingerprint density at radius 3 is 3.00 bits per heavy atom. The van der Waals surface area contributed by atoms with Crippen molar-refractivity contribution in [3.63, 3.8) is 0 Å². The number of anilines is 2. The second-order valence-corrected chi connectivity index (χ2v) is 4.91. The van der Waals surface area contributed by atoms with Crippen molar-refractivity contribution in [2.24, 2.45) is 5.92 Å². The van der Waals surface area contributed by atoms with Gasteiger partial charge in [-0.15, -0.1) is 0 Å². The minimum atomic E-state index is -0.372. The van der Waals surface area contributed by atoms with Gasteiger partial charge >= 0.3 is 0 Å². The molecule has 18 heavy (non-hydrogen) atoms. The van der Waals surface area contributed by atoms with E-state index in [-0.39, 0.29) is 5.82 Å². The third-order valence-electron chi connectivity index (χ3n) is 3.33. The van der Waals surface area contributed by atoms with E-state index in [0.29, 0.717) is 17.7 Å². The lowest BCUT2D eigenvalue weighted by atomic mass is 10.1. The van der Waals surface area contributed by atoms with Crippen LogP contribution in [0.4, 0.5) is 16.2 Å². The Bertz CT molecular complexity index is 411. The van der Waals surface area contributed by atoms with Crippen LogP contribution in [0.5, 0.6) is 0 Å². The minimum absolute atomic E-state index is 0.365. The fourth-order valence-electron chi connectivity index (χ4n) is 2.40. The summed E-state index contributed by atoms with van der Waals surface area (Å²) in [5.41, 5.74) is 0. The largest absolute Gasteiger partial charge is 0.357 e. The van der Waals surface area contributed by atoms with Gasteiger partial charge in [0.1, 0.15) is 0 Å². The van der Waals surface area contributed by atoms with Crippen molar-refractivity contribution < 1.29 is 4.39 Å². The zero-order chi connectivity index (χ0) is 13.1. The van der Waals surface area contributed by atoms with Crippen LogP contribution in [-0.2, 0) is 0 Å². The molecule has 1 aliphatic heterocycles. The highest BCUT2D eigenvalue weighted by molar-refractivity contribution is 5.43. The summed E-state index contributed by atoms with van der Waals surface area (Å²) in [6, 6.07) is 0. The predicted molar refractivity (Wildman–Crippen MR) is 70.4 cm³/mol. The van der Waals surface area contributed by atoms with Gasteiger partial charge in [-0.3, -0.25) is 0 Å².